The molecule has 1 aliphatic rings. The van der Waals surface area contributed by atoms with E-state index in [4.69, 9.17) is 11.6 Å². The number of hydrogen-bond acceptors (Lipinski definition) is 4. The van der Waals surface area contributed by atoms with Crippen LogP contribution >= 0.6 is 11.6 Å². The van der Waals surface area contributed by atoms with Crippen molar-refractivity contribution in [2.75, 3.05) is 24.5 Å². The molecule has 0 spiro atoms. The van der Waals surface area contributed by atoms with Crippen LogP contribution in [0.4, 0.5) is 5.82 Å². The minimum atomic E-state index is -0.611. The molecule has 3 rings (SSSR count). The summed E-state index contributed by atoms with van der Waals surface area (Å²) in [6.45, 7) is 3.34. The van der Waals surface area contributed by atoms with Gasteiger partial charge in [-0.15, -0.1) is 0 Å². The number of pyridine rings is 1. The summed E-state index contributed by atoms with van der Waals surface area (Å²) >= 11 is 6.09. The van der Waals surface area contributed by atoms with Crippen molar-refractivity contribution in [2.45, 2.75) is 25.5 Å². The quantitative estimate of drug-likeness (QED) is 0.853. The molecule has 1 saturated heterocycles. The summed E-state index contributed by atoms with van der Waals surface area (Å²) in [5.41, 5.74) is 1.86. The van der Waals surface area contributed by atoms with Gasteiger partial charge < -0.3 is 15.3 Å². The van der Waals surface area contributed by atoms with Crippen LogP contribution in [0.15, 0.2) is 42.6 Å². The van der Waals surface area contributed by atoms with Crippen LogP contribution in [0.5, 0.6) is 0 Å². The monoisotopic (exact) mass is 331 g/mol. The van der Waals surface area contributed by atoms with E-state index in [0.29, 0.717) is 18.1 Å². The predicted octanol–water partition coefficient (Wildman–Crippen LogP) is 3.16. The molecule has 1 aromatic heterocycles. The molecule has 0 bridgehead atoms. The van der Waals surface area contributed by atoms with Gasteiger partial charge >= 0.3 is 0 Å². The maximum Gasteiger partial charge on any atom is 0.128 e. The summed E-state index contributed by atoms with van der Waals surface area (Å²) in [5.74, 6) is 1.06. The van der Waals surface area contributed by atoms with E-state index in [1.165, 1.54) is 12.8 Å². The minimum absolute atomic E-state index is 0.456. The lowest BCUT2D eigenvalue weighted by Crippen LogP contribution is -2.22. The molecule has 0 aliphatic carbocycles. The molecule has 23 heavy (non-hydrogen) atoms. The summed E-state index contributed by atoms with van der Waals surface area (Å²) < 4.78 is 0. The van der Waals surface area contributed by atoms with E-state index in [2.05, 4.69) is 27.3 Å². The average molecular weight is 332 g/mol. The molecule has 0 radical (unpaired) electrons. The molecule has 1 fully saturated rings. The Kier molecular flexibility index (Phi) is 5.49. The number of hydrogen-bond donors (Lipinski definition) is 2. The number of halogens is 1. The molecule has 1 unspecified atom stereocenters. The predicted molar refractivity (Wildman–Crippen MR) is 93.8 cm³/mol. The van der Waals surface area contributed by atoms with Gasteiger partial charge in [-0.05, 0) is 30.5 Å². The van der Waals surface area contributed by atoms with Crippen LogP contribution in [-0.4, -0.2) is 29.7 Å². The van der Waals surface area contributed by atoms with Crippen molar-refractivity contribution < 1.29 is 5.11 Å². The van der Waals surface area contributed by atoms with Gasteiger partial charge in [-0.25, -0.2) is 4.98 Å². The van der Waals surface area contributed by atoms with Gasteiger partial charge in [-0.2, -0.15) is 0 Å². The second-order valence-corrected chi connectivity index (χ2v) is 6.29. The lowest BCUT2D eigenvalue weighted by atomic mass is 10.1. The summed E-state index contributed by atoms with van der Waals surface area (Å²) in [6, 6.07) is 11.6. The van der Waals surface area contributed by atoms with Crippen LogP contribution in [0.2, 0.25) is 5.02 Å². The van der Waals surface area contributed by atoms with Gasteiger partial charge in [0.25, 0.3) is 0 Å². The average Bonchev–Trinajstić information content (AvgIpc) is 3.10. The summed E-state index contributed by atoms with van der Waals surface area (Å²) in [4.78, 5) is 6.85. The molecule has 0 amide bonds. The van der Waals surface area contributed by atoms with Crippen LogP contribution in [0, 0.1) is 0 Å². The van der Waals surface area contributed by atoms with Gasteiger partial charge in [0.1, 0.15) is 5.82 Å². The van der Waals surface area contributed by atoms with Crippen molar-refractivity contribution in [3.05, 3.63) is 58.7 Å². The lowest BCUT2D eigenvalue weighted by molar-refractivity contribution is 0.174. The maximum absolute atomic E-state index is 10.2. The Hall–Kier alpha value is -1.62. The normalized spacial score (nSPS) is 15.8. The maximum atomic E-state index is 10.2. The Labute approximate surface area is 142 Å². The Balaban J connectivity index is 1.49. The number of anilines is 1. The third-order valence-corrected chi connectivity index (χ3v) is 4.51. The van der Waals surface area contributed by atoms with Crippen LogP contribution in [0.3, 0.4) is 0 Å². The molecule has 0 saturated carbocycles. The Bertz CT molecular complexity index is 626. The van der Waals surface area contributed by atoms with Crippen molar-refractivity contribution in [3.63, 3.8) is 0 Å². The number of nitrogens with zero attached hydrogens (tertiary/aromatic N) is 2. The summed E-state index contributed by atoms with van der Waals surface area (Å²) in [5, 5.41) is 14.0. The van der Waals surface area contributed by atoms with Crippen molar-refractivity contribution in [2.24, 2.45) is 0 Å². The number of aliphatic hydroxyl groups excluding tert-OH is 1. The molecule has 2 heterocycles. The van der Waals surface area contributed by atoms with Gasteiger partial charge in [0.15, 0.2) is 0 Å². The van der Waals surface area contributed by atoms with E-state index in [1.54, 1.807) is 6.07 Å². The van der Waals surface area contributed by atoms with Crippen molar-refractivity contribution in [1.29, 1.82) is 0 Å². The Morgan fingerprint density at radius 3 is 2.65 bits per heavy atom. The molecular formula is C18H22ClN3O. The van der Waals surface area contributed by atoms with Gasteiger partial charge in [-0.3, -0.25) is 0 Å². The van der Waals surface area contributed by atoms with Gasteiger partial charge in [-0.1, -0.05) is 35.9 Å². The molecule has 122 valence electrons. The first-order valence-corrected chi connectivity index (χ1v) is 8.45. The van der Waals surface area contributed by atoms with Crippen molar-refractivity contribution in [3.8, 4) is 0 Å². The van der Waals surface area contributed by atoms with E-state index in [-0.39, 0.29) is 0 Å². The van der Waals surface area contributed by atoms with Crippen molar-refractivity contribution in [1.82, 2.24) is 10.3 Å². The van der Waals surface area contributed by atoms with Crippen LogP contribution in [0.1, 0.15) is 30.1 Å². The molecule has 1 aliphatic heterocycles. The van der Waals surface area contributed by atoms with Gasteiger partial charge in [0.2, 0.25) is 0 Å². The second-order valence-electron chi connectivity index (χ2n) is 5.89. The summed E-state index contributed by atoms with van der Waals surface area (Å²) in [7, 11) is 0. The lowest BCUT2D eigenvalue weighted by Gasteiger charge is -2.17. The largest absolute Gasteiger partial charge is 0.387 e. The van der Waals surface area contributed by atoms with Gasteiger partial charge in [0.05, 0.1) is 6.10 Å². The first-order chi connectivity index (χ1) is 11.2. The fraction of sp³-hybridized carbons (Fsp3) is 0.389. The first-order valence-electron chi connectivity index (χ1n) is 8.07. The third-order valence-electron chi connectivity index (χ3n) is 4.17. The second kappa shape index (κ2) is 7.77. The molecule has 1 aromatic carbocycles. The minimum Gasteiger partial charge on any atom is -0.387 e. The van der Waals surface area contributed by atoms with Gasteiger partial charge in [0, 0.05) is 43.0 Å². The highest BCUT2D eigenvalue weighted by molar-refractivity contribution is 6.31. The molecule has 5 heteroatoms. The third kappa shape index (κ3) is 4.22. The highest BCUT2D eigenvalue weighted by atomic mass is 35.5. The van der Waals surface area contributed by atoms with Crippen molar-refractivity contribution >= 4 is 17.4 Å². The first kappa shape index (κ1) is 16.2. The number of aromatic nitrogens is 1. The van der Waals surface area contributed by atoms with Crippen LogP contribution in [0.25, 0.3) is 0 Å². The molecule has 2 N–H and O–H groups in total. The topological polar surface area (TPSA) is 48.4 Å². The Morgan fingerprint density at radius 2 is 1.96 bits per heavy atom. The Morgan fingerprint density at radius 1 is 1.17 bits per heavy atom. The highest BCUT2D eigenvalue weighted by Gasteiger charge is 2.13. The number of aliphatic hydroxyl groups is 1. The standard InChI is InChI=1S/C18H22ClN3O/c19-16-6-2-1-5-15(16)17(23)13-20-11-14-7-8-18(21-12-14)22-9-3-4-10-22/h1-2,5-8,12,17,20,23H,3-4,9-11,13H2. The fourth-order valence-corrected chi connectivity index (χ4v) is 3.12. The summed E-state index contributed by atoms with van der Waals surface area (Å²) in [6.07, 6.45) is 3.80. The van der Waals surface area contributed by atoms with E-state index < -0.39 is 6.10 Å². The molecule has 4 nitrogen and oxygen atoms in total. The smallest absolute Gasteiger partial charge is 0.128 e. The molecular weight excluding hydrogens is 310 g/mol. The fourth-order valence-electron chi connectivity index (χ4n) is 2.86. The zero-order chi connectivity index (χ0) is 16.1. The van der Waals surface area contributed by atoms with Crippen LogP contribution < -0.4 is 10.2 Å². The number of nitrogens with one attached hydrogen (secondary N) is 1. The molecule has 2 aromatic rings. The number of rotatable bonds is 6. The zero-order valence-corrected chi connectivity index (χ0v) is 13.8. The zero-order valence-electron chi connectivity index (χ0n) is 13.1. The van der Waals surface area contributed by atoms with E-state index in [9.17, 15) is 5.11 Å². The van der Waals surface area contributed by atoms with E-state index in [0.717, 1.165) is 30.0 Å². The molecule has 1 atom stereocenters. The SMILES string of the molecule is OC(CNCc1ccc(N2CCCC2)nc1)c1ccccc1Cl. The highest BCUT2D eigenvalue weighted by Crippen LogP contribution is 2.22. The van der Waals surface area contributed by atoms with E-state index >= 15 is 0 Å². The number of benzene rings is 1. The van der Waals surface area contributed by atoms with Crippen LogP contribution in [-0.2, 0) is 6.54 Å². The van der Waals surface area contributed by atoms with E-state index in [1.807, 2.05) is 24.4 Å².